The average molecular weight is 437 g/mol. The Morgan fingerprint density at radius 2 is 1.97 bits per heavy atom. The average Bonchev–Trinajstić information content (AvgIpc) is 2.87. The normalized spacial score (nSPS) is 15.0. The number of nitrogens with one attached hydrogen (secondary N) is 2. The Balaban J connectivity index is 1.66. The van der Waals surface area contributed by atoms with Crippen LogP contribution in [0.25, 0.3) is 0 Å². The first-order valence-electron chi connectivity index (χ1n) is 9.07. The Morgan fingerprint density at radius 3 is 2.69 bits per heavy atom. The van der Waals surface area contributed by atoms with Crippen LogP contribution in [0, 0.1) is 5.82 Å². The molecule has 0 saturated heterocycles. The van der Waals surface area contributed by atoms with Gasteiger partial charge in [-0.3, -0.25) is 9.59 Å². The van der Waals surface area contributed by atoms with Gasteiger partial charge in [0.15, 0.2) is 9.84 Å². The molecule has 2 amide bonds. The molecule has 0 aromatic heterocycles. The molecule has 2 N–H and O–H groups in total. The fraction of sp³-hybridized carbons (Fsp3) is 0.300. The first-order chi connectivity index (χ1) is 13.8. The number of anilines is 1. The number of amides is 2. The van der Waals surface area contributed by atoms with E-state index in [4.69, 9.17) is 0 Å². The molecule has 0 fully saturated rings. The lowest BCUT2D eigenvalue weighted by Gasteiger charge is -2.15. The smallest absolute Gasteiger partial charge is 0.225 e. The van der Waals surface area contributed by atoms with Crippen LogP contribution in [0.15, 0.2) is 52.3 Å². The van der Waals surface area contributed by atoms with E-state index in [1.807, 2.05) is 0 Å². The summed E-state index contributed by atoms with van der Waals surface area (Å²) in [4.78, 5) is 24.8. The van der Waals surface area contributed by atoms with Crippen molar-refractivity contribution in [3.63, 3.8) is 0 Å². The third-order valence-electron chi connectivity index (χ3n) is 4.55. The fourth-order valence-electron chi connectivity index (χ4n) is 2.85. The monoisotopic (exact) mass is 436 g/mol. The quantitative estimate of drug-likeness (QED) is 0.726. The molecule has 0 bridgehead atoms. The maximum atomic E-state index is 12.9. The van der Waals surface area contributed by atoms with Gasteiger partial charge in [0.1, 0.15) is 5.82 Å². The van der Waals surface area contributed by atoms with Crippen LogP contribution in [0.4, 0.5) is 10.1 Å². The van der Waals surface area contributed by atoms with Crippen LogP contribution < -0.4 is 10.6 Å². The van der Waals surface area contributed by atoms with Crippen LogP contribution in [0.1, 0.15) is 25.3 Å². The van der Waals surface area contributed by atoms with Gasteiger partial charge in [0.2, 0.25) is 11.8 Å². The Kier molecular flexibility index (Phi) is 6.59. The summed E-state index contributed by atoms with van der Waals surface area (Å²) in [7, 11) is -3.76. The molecule has 2 aromatic carbocycles. The molecule has 1 heterocycles. The number of halogens is 1. The van der Waals surface area contributed by atoms with Crippen molar-refractivity contribution in [2.75, 3.05) is 11.1 Å². The van der Waals surface area contributed by atoms with Crippen molar-refractivity contribution in [2.45, 2.75) is 41.4 Å². The number of carbonyl (C=O) groups is 2. The summed E-state index contributed by atoms with van der Waals surface area (Å²) in [6, 6.07) is 10.3. The van der Waals surface area contributed by atoms with Gasteiger partial charge in [-0.05, 0) is 42.8 Å². The minimum atomic E-state index is -3.76. The highest BCUT2D eigenvalue weighted by atomic mass is 32.2. The molecule has 1 atom stereocenters. The largest absolute Gasteiger partial charge is 0.352 e. The first kappa shape index (κ1) is 21.3. The third kappa shape index (κ3) is 5.36. The van der Waals surface area contributed by atoms with E-state index in [2.05, 4.69) is 10.6 Å². The van der Waals surface area contributed by atoms with E-state index in [9.17, 15) is 22.4 Å². The standard InChI is InChI=1S/C20H21FN2O4S2/c1-13(10-20(25)22-12-14-2-4-15(21)5-3-14)29(26,27)16-6-7-18-17(11-16)23-19(24)8-9-28-18/h2-7,11,13H,8-10,12H2,1H3,(H,22,25)(H,23,24)/t13-/m1/s1. The molecule has 3 rings (SSSR count). The molecule has 0 unspecified atom stereocenters. The SMILES string of the molecule is C[C@H](CC(=O)NCc1ccc(F)cc1)S(=O)(=O)c1ccc2c(c1)NC(=O)CCS2. The fourth-order valence-corrected chi connectivity index (χ4v) is 5.17. The lowest BCUT2D eigenvalue weighted by Crippen LogP contribution is -2.29. The van der Waals surface area contributed by atoms with Crippen LogP contribution in [-0.4, -0.2) is 31.2 Å². The highest BCUT2D eigenvalue weighted by molar-refractivity contribution is 7.99. The van der Waals surface area contributed by atoms with Crippen molar-refractivity contribution < 1.29 is 22.4 Å². The second kappa shape index (κ2) is 8.96. The number of rotatable bonds is 6. The molecule has 0 aliphatic carbocycles. The van der Waals surface area contributed by atoms with E-state index in [0.717, 1.165) is 4.90 Å². The Labute approximate surface area is 173 Å². The highest BCUT2D eigenvalue weighted by Gasteiger charge is 2.27. The molecule has 0 radical (unpaired) electrons. The van der Waals surface area contributed by atoms with Crippen molar-refractivity contribution >= 4 is 39.1 Å². The van der Waals surface area contributed by atoms with Gasteiger partial charge in [0.05, 0.1) is 15.8 Å². The first-order valence-corrected chi connectivity index (χ1v) is 11.6. The van der Waals surface area contributed by atoms with Crippen LogP contribution in [0.5, 0.6) is 0 Å². The third-order valence-corrected chi connectivity index (χ3v) is 7.76. The molecular formula is C20H21FN2O4S2. The molecule has 6 nitrogen and oxygen atoms in total. The summed E-state index contributed by atoms with van der Waals surface area (Å²) in [5, 5.41) is 4.44. The maximum absolute atomic E-state index is 12.9. The van der Waals surface area contributed by atoms with E-state index >= 15 is 0 Å². The zero-order valence-electron chi connectivity index (χ0n) is 15.8. The van der Waals surface area contributed by atoms with Gasteiger partial charge in [0.25, 0.3) is 0 Å². The lowest BCUT2D eigenvalue weighted by atomic mass is 10.2. The van der Waals surface area contributed by atoms with Crippen molar-refractivity contribution in [2.24, 2.45) is 0 Å². The molecule has 0 saturated carbocycles. The highest BCUT2D eigenvalue weighted by Crippen LogP contribution is 2.33. The summed E-state index contributed by atoms with van der Waals surface area (Å²) < 4.78 is 38.7. The second-order valence-corrected chi connectivity index (χ2v) is 10.3. The summed E-state index contributed by atoms with van der Waals surface area (Å²) in [5.41, 5.74) is 1.20. The van der Waals surface area contributed by atoms with E-state index in [-0.39, 0.29) is 29.6 Å². The number of thioether (sulfide) groups is 1. The Morgan fingerprint density at radius 1 is 1.24 bits per heavy atom. The molecule has 154 valence electrons. The van der Waals surface area contributed by atoms with Crippen LogP contribution in [-0.2, 0) is 26.0 Å². The summed E-state index contributed by atoms with van der Waals surface area (Å²) in [6.07, 6.45) is 0.160. The van der Waals surface area contributed by atoms with Gasteiger partial charge < -0.3 is 10.6 Å². The molecular weight excluding hydrogens is 415 g/mol. The van der Waals surface area contributed by atoms with Gasteiger partial charge in [-0.2, -0.15) is 0 Å². The molecule has 0 spiro atoms. The van der Waals surface area contributed by atoms with Gasteiger partial charge in [-0.15, -0.1) is 11.8 Å². The Hall–Kier alpha value is -2.39. The van der Waals surface area contributed by atoms with Crippen LogP contribution in [0.3, 0.4) is 0 Å². The number of sulfone groups is 1. The minimum Gasteiger partial charge on any atom is -0.352 e. The summed E-state index contributed by atoms with van der Waals surface area (Å²) in [5.74, 6) is -0.298. The number of hydrogen-bond acceptors (Lipinski definition) is 5. The molecule has 2 aromatic rings. The van der Waals surface area contributed by atoms with Crippen LogP contribution >= 0.6 is 11.8 Å². The molecule has 29 heavy (non-hydrogen) atoms. The van der Waals surface area contributed by atoms with Crippen molar-refractivity contribution in [3.05, 3.63) is 53.8 Å². The number of carbonyl (C=O) groups excluding carboxylic acids is 2. The van der Waals surface area contributed by atoms with Crippen molar-refractivity contribution in [1.82, 2.24) is 5.32 Å². The molecule has 9 heteroatoms. The number of fused-ring (bicyclic) bond motifs is 1. The lowest BCUT2D eigenvalue weighted by molar-refractivity contribution is -0.121. The minimum absolute atomic E-state index is 0.0675. The van der Waals surface area contributed by atoms with E-state index in [0.29, 0.717) is 23.4 Å². The topological polar surface area (TPSA) is 92.3 Å². The predicted molar refractivity (Wildman–Crippen MR) is 110 cm³/mol. The molecule has 1 aliphatic heterocycles. The van der Waals surface area contributed by atoms with Crippen LogP contribution in [0.2, 0.25) is 0 Å². The van der Waals surface area contributed by atoms with E-state index in [1.54, 1.807) is 18.2 Å². The van der Waals surface area contributed by atoms with Crippen molar-refractivity contribution in [1.29, 1.82) is 0 Å². The van der Waals surface area contributed by atoms with Crippen molar-refractivity contribution in [3.8, 4) is 0 Å². The van der Waals surface area contributed by atoms with Gasteiger partial charge in [-0.1, -0.05) is 12.1 Å². The van der Waals surface area contributed by atoms with Gasteiger partial charge >= 0.3 is 0 Å². The second-order valence-electron chi connectivity index (χ2n) is 6.77. The van der Waals surface area contributed by atoms with Gasteiger partial charge in [-0.25, -0.2) is 12.8 Å². The van der Waals surface area contributed by atoms with E-state index in [1.165, 1.54) is 43.0 Å². The zero-order valence-corrected chi connectivity index (χ0v) is 17.4. The number of hydrogen-bond donors (Lipinski definition) is 2. The Bertz CT molecular complexity index is 1020. The summed E-state index contributed by atoms with van der Waals surface area (Å²) >= 11 is 1.49. The predicted octanol–water partition coefficient (Wildman–Crippen LogP) is 3.13. The van der Waals surface area contributed by atoms with E-state index < -0.39 is 21.0 Å². The maximum Gasteiger partial charge on any atom is 0.225 e. The number of benzene rings is 2. The molecule has 1 aliphatic rings. The zero-order chi connectivity index (χ0) is 21.0. The van der Waals surface area contributed by atoms with Gasteiger partial charge in [0, 0.05) is 30.0 Å². The summed E-state index contributed by atoms with van der Waals surface area (Å²) in [6.45, 7) is 1.67.